The molecule has 30 heavy (non-hydrogen) atoms. The average Bonchev–Trinajstić information content (AvgIpc) is 3.05. The van der Waals surface area contributed by atoms with E-state index in [-0.39, 0.29) is 24.0 Å². The highest BCUT2D eigenvalue weighted by atomic mass is 127. The molecule has 2 rings (SSSR count). The fourth-order valence-electron chi connectivity index (χ4n) is 2.94. The first-order valence-corrected chi connectivity index (χ1v) is 11.3. The van der Waals surface area contributed by atoms with E-state index in [2.05, 4.69) is 60.3 Å². The molecule has 168 valence electrons. The predicted octanol–water partition coefficient (Wildman–Crippen LogP) is 4.35. The maximum Gasteiger partial charge on any atom is 0.191 e. The molecule has 0 saturated carbocycles. The van der Waals surface area contributed by atoms with Gasteiger partial charge in [-0.2, -0.15) is 0 Å². The van der Waals surface area contributed by atoms with E-state index in [1.807, 2.05) is 19.1 Å². The quantitative estimate of drug-likeness (QED) is 0.250. The normalized spacial score (nSPS) is 11.3. The predicted molar refractivity (Wildman–Crippen MR) is 138 cm³/mol. The van der Waals surface area contributed by atoms with Gasteiger partial charge in [0.05, 0.1) is 23.8 Å². The highest BCUT2D eigenvalue weighted by Gasteiger charge is 2.06. The zero-order chi connectivity index (χ0) is 21.1. The van der Waals surface area contributed by atoms with Gasteiger partial charge in [-0.3, -0.25) is 0 Å². The van der Waals surface area contributed by atoms with Gasteiger partial charge < -0.3 is 20.3 Å². The number of guanidine groups is 1. The fourth-order valence-corrected chi connectivity index (χ4v) is 3.81. The van der Waals surface area contributed by atoms with Crippen LogP contribution in [0.5, 0.6) is 5.75 Å². The molecular formula is C22H36IN5OS. The third kappa shape index (κ3) is 9.18. The third-order valence-corrected chi connectivity index (χ3v) is 5.75. The number of aryl methyl sites for hydroxylation is 2. The van der Waals surface area contributed by atoms with Crippen LogP contribution in [0, 0.1) is 13.8 Å². The number of nitrogens with one attached hydrogen (secondary N) is 2. The van der Waals surface area contributed by atoms with E-state index < -0.39 is 0 Å². The van der Waals surface area contributed by atoms with Crippen LogP contribution in [0.1, 0.15) is 41.9 Å². The Kier molecular flexibility index (Phi) is 13.0. The molecule has 0 spiro atoms. The number of aromatic nitrogens is 1. The number of hydrogen-bond donors (Lipinski definition) is 2. The van der Waals surface area contributed by atoms with E-state index in [1.54, 1.807) is 11.3 Å². The molecule has 0 aliphatic rings. The van der Waals surface area contributed by atoms with Crippen molar-refractivity contribution in [3.05, 3.63) is 45.4 Å². The monoisotopic (exact) mass is 545 g/mol. The molecular weight excluding hydrogens is 509 g/mol. The summed E-state index contributed by atoms with van der Waals surface area (Å²) in [4.78, 5) is 12.8. The molecule has 0 saturated heterocycles. The maximum atomic E-state index is 5.85. The van der Waals surface area contributed by atoms with Gasteiger partial charge in [0.25, 0.3) is 0 Å². The van der Waals surface area contributed by atoms with Crippen molar-refractivity contribution in [1.29, 1.82) is 0 Å². The molecule has 0 radical (unpaired) electrons. The number of likely N-dealkylation sites (N-methyl/N-ethyl adjacent to an activating group) is 1. The second-order valence-electron chi connectivity index (χ2n) is 6.81. The highest BCUT2D eigenvalue weighted by molar-refractivity contribution is 14.0. The van der Waals surface area contributed by atoms with Crippen LogP contribution in [-0.4, -0.2) is 48.6 Å². The molecule has 2 aromatic rings. The molecule has 6 nitrogen and oxygen atoms in total. The molecule has 1 aromatic carbocycles. The Morgan fingerprint density at radius 3 is 2.37 bits per heavy atom. The first-order chi connectivity index (χ1) is 14.0. The van der Waals surface area contributed by atoms with E-state index in [9.17, 15) is 0 Å². The zero-order valence-corrected chi connectivity index (χ0v) is 22.0. The van der Waals surface area contributed by atoms with Crippen LogP contribution in [-0.2, 0) is 13.1 Å². The minimum absolute atomic E-state index is 0. The van der Waals surface area contributed by atoms with Gasteiger partial charge in [0.1, 0.15) is 12.4 Å². The van der Waals surface area contributed by atoms with E-state index in [0.29, 0.717) is 13.2 Å². The minimum Gasteiger partial charge on any atom is -0.492 e. The van der Waals surface area contributed by atoms with Gasteiger partial charge in [0, 0.05) is 18.0 Å². The first kappa shape index (κ1) is 26.6. The summed E-state index contributed by atoms with van der Waals surface area (Å²) in [6.07, 6.45) is 0. The van der Waals surface area contributed by atoms with Crippen molar-refractivity contribution in [3.8, 4) is 5.75 Å². The molecule has 0 unspecified atom stereocenters. The summed E-state index contributed by atoms with van der Waals surface area (Å²) in [5, 5.41) is 7.80. The number of rotatable bonds is 11. The molecule has 1 heterocycles. The van der Waals surface area contributed by atoms with Crippen molar-refractivity contribution >= 4 is 41.3 Å². The maximum absolute atomic E-state index is 5.85. The molecule has 0 aliphatic carbocycles. The highest BCUT2D eigenvalue weighted by Crippen LogP contribution is 2.16. The van der Waals surface area contributed by atoms with Gasteiger partial charge in [-0.25, -0.2) is 9.98 Å². The molecule has 1 aromatic heterocycles. The van der Waals surface area contributed by atoms with E-state index in [0.717, 1.165) is 60.7 Å². The number of hydrogen-bond acceptors (Lipinski definition) is 5. The van der Waals surface area contributed by atoms with Crippen molar-refractivity contribution in [3.63, 3.8) is 0 Å². The minimum atomic E-state index is 0. The zero-order valence-electron chi connectivity index (χ0n) is 18.8. The average molecular weight is 546 g/mol. The van der Waals surface area contributed by atoms with Crippen LogP contribution in [0.3, 0.4) is 0 Å². The second-order valence-corrected chi connectivity index (χ2v) is 8.10. The summed E-state index contributed by atoms with van der Waals surface area (Å²) in [6, 6.07) is 8.21. The SMILES string of the molecule is CCNC(=NCc1ccc(OCCN(CC)CC)cc1)NCc1sc(C)nc1C.I. The lowest BCUT2D eigenvalue weighted by Crippen LogP contribution is -2.36. The third-order valence-electron chi connectivity index (χ3n) is 4.67. The van der Waals surface area contributed by atoms with Gasteiger partial charge in [-0.15, -0.1) is 35.3 Å². The van der Waals surface area contributed by atoms with Gasteiger partial charge in [0.2, 0.25) is 0 Å². The summed E-state index contributed by atoms with van der Waals surface area (Å²) < 4.78 is 5.85. The summed E-state index contributed by atoms with van der Waals surface area (Å²) in [5.74, 6) is 1.73. The van der Waals surface area contributed by atoms with E-state index >= 15 is 0 Å². The van der Waals surface area contributed by atoms with Crippen molar-refractivity contribution in [2.45, 2.75) is 47.7 Å². The number of thiazole rings is 1. The van der Waals surface area contributed by atoms with Gasteiger partial charge in [0.15, 0.2) is 5.96 Å². The Morgan fingerprint density at radius 1 is 1.10 bits per heavy atom. The molecule has 8 heteroatoms. The Morgan fingerprint density at radius 2 is 1.80 bits per heavy atom. The Labute approximate surface area is 202 Å². The lowest BCUT2D eigenvalue weighted by atomic mass is 10.2. The van der Waals surface area contributed by atoms with Crippen LogP contribution in [0.25, 0.3) is 0 Å². The van der Waals surface area contributed by atoms with Crippen LogP contribution in [0.15, 0.2) is 29.3 Å². The number of ether oxygens (including phenoxy) is 1. The number of nitrogens with zero attached hydrogens (tertiary/aromatic N) is 3. The Hall–Kier alpha value is -1.39. The van der Waals surface area contributed by atoms with Crippen LogP contribution in [0.2, 0.25) is 0 Å². The smallest absolute Gasteiger partial charge is 0.191 e. The molecule has 2 N–H and O–H groups in total. The number of benzene rings is 1. The molecule has 0 aliphatic heterocycles. The molecule has 0 fully saturated rings. The lowest BCUT2D eigenvalue weighted by molar-refractivity contribution is 0.223. The second kappa shape index (κ2) is 14.6. The van der Waals surface area contributed by atoms with Crippen LogP contribution >= 0.6 is 35.3 Å². The standard InChI is InChI=1S/C22H35N5OS.HI/c1-6-23-22(25-16-21-17(4)26-18(5)29-21)24-15-19-9-11-20(12-10-19)28-14-13-27(7-2)8-3;/h9-12H,6-8,13-16H2,1-5H3,(H2,23,24,25);1H. The number of aliphatic imine (C=N–C) groups is 1. The van der Waals surface area contributed by atoms with Crippen LogP contribution in [0.4, 0.5) is 0 Å². The first-order valence-electron chi connectivity index (χ1n) is 10.4. The van der Waals surface area contributed by atoms with E-state index in [1.165, 1.54) is 4.88 Å². The van der Waals surface area contributed by atoms with Crippen molar-refractivity contribution in [2.75, 3.05) is 32.8 Å². The largest absolute Gasteiger partial charge is 0.492 e. The number of halogens is 1. The van der Waals surface area contributed by atoms with Crippen molar-refractivity contribution in [1.82, 2.24) is 20.5 Å². The lowest BCUT2D eigenvalue weighted by Gasteiger charge is -2.18. The molecule has 0 amide bonds. The summed E-state index contributed by atoms with van der Waals surface area (Å²) in [5.41, 5.74) is 2.25. The molecule has 0 bridgehead atoms. The fraction of sp³-hybridized carbons (Fsp3) is 0.545. The summed E-state index contributed by atoms with van der Waals surface area (Å²) in [6.45, 7) is 16.5. The van der Waals surface area contributed by atoms with Gasteiger partial charge in [-0.05, 0) is 51.6 Å². The topological polar surface area (TPSA) is 61.8 Å². The van der Waals surface area contributed by atoms with E-state index in [4.69, 9.17) is 9.73 Å². The Balaban J connectivity index is 0.00000450. The summed E-state index contributed by atoms with van der Waals surface area (Å²) >= 11 is 1.73. The summed E-state index contributed by atoms with van der Waals surface area (Å²) in [7, 11) is 0. The van der Waals surface area contributed by atoms with Gasteiger partial charge in [-0.1, -0.05) is 26.0 Å². The Bertz CT molecular complexity index is 759. The molecule has 0 atom stereocenters. The van der Waals surface area contributed by atoms with Gasteiger partial charge >= 0.3 is 0 Å². The van der Waals surface area contributed by atoms with Crippen LogP contribution < -0.4 is 15.4 Å². The van der Waals surface area contributed by atoms with Crippen molar-refractivity contribution < 1.29 is 4.74 Å². The van der Waals surface area contributed by atoms with Crippen molar-refractivity contribution in [2.24, 2.45) is 4.99 Å².